The number of rotatable bonds is 4. The fraction of sp³-hybridized carbons (Fsp3) is 0.114. The lowest BCUT2D eigenvalue weighted by atomic mass is 9.89. The van der Waals surface area contributed by atoms with E-state index in [1.54, 1.807) is 26.0 Å². The molecular formula is C35H26N2O2. The zero-order valence-corrected chi connectivity index (χ0v) is 21.9. The van der Waals surface area contributed by atoms with E-state index in [4.69, 9.17) is 0 Å². The van der Waals surface area contributed by atoms with Crippen LogP contribution in [-0.4, -0.2) is 22.6 Å². The van der Waals surface area contributed by atoms with Crippen LogP contribution in [0.4, 0.5) is 0 Å². The standard InChI is InChI=1S/C35H26N2O2/c1-22(38)32(33-30-13-7-5-11-28(30)29-12-6-8-14-31(29)33)34(23(2)39)37-20-19-25-9-3-4-10-27(25)35(37)26-17-15-24(21-36)16-18-26/h3-18H,19-20H2,1-2H3/b34-23+. The molecular weight excluding hydrogens is 480 g/mol. The zero-order valence-electron chi connectivity index (χ0n) is 21.9. The number of fused-ring (bicyclic) bond motifs is 4. The van der Waals surface area contributed by atoms with Crippen molar-refractivity contribution >= 4 is 17.1 Å². The number of carbonyl (C=O) groups is 1. The minimum Gasteiger partial charge on any atom is -0.871 e. The van der Waals surface area contributed by atoms with Crippen LogP contribution in [0.5, 0.6) is 0 Å². The van der Waals surface area contributed by atoms with E-state index < -0.39 is 0 Å². The van der Waals surface area contributed by atoms with Crippen LogP contribution in [0.2, 0.25) is 0 Å². The van der Waals surface area contributed by atoms with Crippen molar-refractivity contribution in [1.82, 2.24) is 0 Å². The molecule has 4 nitrogen and oxygen atoms in total. The molecule has 0 bridgehead atoms. The Morgan fingerprint density at radius 2 is 1.31 bits per heavy atom. The molecule has 4 heteroatoms. The molecule has 0 amide bonds. The highest BCUT2D eigenvalue weighted by Gasteiger charge is 2.36. The van der Waals surface area contributed by atoms with E-state index in [1.807, 2.05) is 65.2 Å². The van der Waals surface area contributed by atoms with Crippen LogP contribution in [0.1, 0.15) is 47.2 Å². The number of hydrogen-bond acceptors (Lipinski definition) is 3. The first-order valence-electron chi connectivity index (χ1n) is 13.1. The van der Waals surface area contributed by atoms with Crippen molar-refractivity contribution in [3.8, 4) is 17.2 Å². The lowest BCUT2D eigenvalue weighted by Crippen LogP contribution is -2.34. The molecule has 1 aliphatic carbocycles. The van der Waals surface area contributed by atoms with E-state index in [0.29, 0.717) is 23.4 Å². The molecule has 6 rings (SSSR count). The van der Waals surface area contributed by atoms with Crippen LogP contribution in [0.25, 0.3) is 16.7 Å². The Bertz CT molecular complexity index is 1750. The fourth-order valence-corrected chi connectivity index (χ4v) is 5.94. The quantitative estimate of drug-likeness (QED) is 0.180. The third-order valence-corrected chi connectivity index (χ3v) is 7.56. The van der Waals surface area contributed by atoms with Crippen LogP contribution < -0.4 is 5.11 Å². The number of ketones is 1. The average Bonchev–Trinajstić information content (AvgIpc) is 3.29. The van der Waals surface area contributed by atoms with Gasteiger partial charge in [-0.1, -0.05) is 72.5 Å². The second kappa shape index (κ2) is 9.70. The Hall–Kier alpha value is -5.01. The minimum absolute atomic E-state index is 0.153. The maximum Gasteiger partial charge on any atom is 0.220 e. The number of nitriles is 1. The van der Waals surface area contributed by atoms with E-state index >= 15 is 0 Å². The molecule has 4 aromatic rings. The van der Waals surface area contributed by atoms with Gasteiger partial charge in [0, 0.05) is 17.6 Å². The first kappa shape index (κ1) is 24.3. The Morgan fingerprint density at radius 1 is 0.769 bits per heavy atom. The van der Waals surface area contributed by atoms with Gasteiger partial charge in [0.05, 0.1) is 22.8 Å². The maximum atomic E-state index is 13.6. The molecule has 0 spiro atoms. The van der Waals surface area contributed by atoms with E-state index in [1.165, 1.54) is 5.56 Å². The van der Waals surface area contributed by atoms with Gasteiger partial charge >= 0.3 is 0 Å². The van der Waals surface area contributed by atoms with Gasteiger partial charge in [0.15, 0.2) is 12.3 Å². The molecule has 0 radical (unpaired) electrons. The summed E-state index contributed by atoms with van der Waals surface area (Å²) in [6.07, 6.45) is 0.737. The summed E-state index contributed by atoms with van der Waals surface area (Å²) in [5.41, 5.74) is 10.2. The summed E-state index contributed by atoms with van der Waals surface area (Å²) in [7, 11) is 0. The van der Waals surface area contributed by atoms with Gasteiger partial charge < -0.3 is 5.11 Å². The molecule has 1 aliphatic heterocycles. The summed E-state index contributed by atoms with van der Waals surface area (Å²) >= 11 is 0. The van der Waals surface area contributed by atoms with E-state index in [0.717, 1.165) is 51.1 Å². The van der Waals surface area contributed by atoms with Gasteiger partial charge in [0.25, 0.3) is 0 Å². The van der Waals surface area contributed by atoms with Crippen molar-refractivity contribution in [3.63, 3.8) is 0 Å². The third kappa shape index (κ3) is 4.00. The second-order valence-electron chi connectivity index (χ2n) is 9.90. The predicted molar refractivity (Wildman–Crippen MR) is 151 cm³/mol. The Kier molecular flexibility index (Phi) is 6.05. The molecule has 0 fully saturated rings. The molecule has 0 unspecified atom stereocenters. The van der Waals surface area contributed by atoms with E-state index in [-0.39, 0.29) is 11.5 Å². The Labute approximate surface area is 228 Å². The van der Waals surface area contributed by atoms with Crippen molar-refractivity contribution in [3.05, 3.63) is 147 Å². The predicted octanol–water partition coefficient (Wildman–Crippen LogP) is 5.63. The zero-order chi connectivity index (χ0) is 27.1. The molecule has 188 valence electrons. The minimum atomic E-state index is -0.167. The fourth-order valence-electron chi connectivity index (χ4n) is 5.94. The molecule has 4 aromatic carbocycles. The van der Waals surface area contributed by atoms with Crippen molar-refractivity contribution in [2.24, 2.45) is 0 Å². The lowest BCUT2D eigenvalue weighted by Gasteiger charge is -2.24. The van der Waals surface area contributed by atoms with Crippen LogP contribution in [0.15, 0.2) is 114 Å². The highest BCUT2D eigenvalue weighted by atomic mass is 16.3. The average molecular weight is 507 g/mol. The highest BCUT2D eigenvalue weighted by Crippen LogP contribution is 2.47. The summed E-state index contributed by atoms with van der Waals surface area (Å²) in [4.78, 5) is 13.6. The number of benzene rings is 4. The van der Waals surface area contributed by atoms with E-state index in [9.17, 15) is 15.2 Å². The topological polar surface area (TPSA) is 66.9 Å². The Morgan fingerprint density at radius 3 is 1.85 bits per heavy atom. The van der Waals surface area contributed by atoms with Crippen molar-refractivity contribution in [1.29, 1.82) is 5.26 Å². The second-order valence-corrected chi connectivity index (χ2v) is 9.90. The van der Waals surface area contributed by atoms with Gasteiger partial charge in [0.2, 0.25) is 11.4 Å². The SMILES string of the molecule is CC(=O)C(=C1c2ccccc2-c2ccccc21)/C(=C(/C)[O-])[N+]1=C(c2ccc(C#N)cc2)c2ccccc2CC1. The normalized spacial score (nSPS) is 14.1. The summed E-state index contributed by atoms with van der Waals surface area (Å²) in [5.74, 6) is -0.320. The van der Waals surface area contributed by atoms with Crippen molar-refractivity contribution in [2.45, 2.75) is 20.3 Å². The van der Waals surface area contributed by atoms with Crippen molar-refractivity contribution in [2.75, 3.05) is 6.54 Å². The van der Waals surface area contributed by atoms with Gasteiger partial charge in [-0.15, -0.1) is 0 Å². The third-order valence-electron chi connectivity index (χ3n) is 7.56. The number of allylic oxidation sites excluding steroid dienone is 2. The maximum absolute atomic E-state index is 13.6. The Balaban J connectivity index is 1.71. The van der Waals surface area contributed by atoms with E-state index in [2.05, 4.69) is 30.3 Å². The molecule has 0 atom stereocenters. The largest absolute Gasteiger partial charge is 0.871 e. The smallest absolute Gasteiger partial charge is 0.220 e. The molecule has 39 heavy (non-hydrogen) atoms. The number of nitrogens with zero attached hydrogens (tertiary/aromatic N) is 2. The van der Waals surface area contributed by atoms with Gasteiger partial charge in [-0.3, -0.25) is 4.79 Å². The molecule has 0 saturated heterocycles. The first-order chi connectivity index (χ1) is 19.0. The first-order valence-corrected chi connectivity index (χ1v) is 13.1. The number of carbonyl (C=O) groups excluding carboxylic acids is 1. The van der Waals surface area contributed by atoms with Crippen molar-refractivity contribution < 1.29 is 14.5 Å². The molecule has 1 heterocycles. The summed E-state index contributed by atoms with van der Waals surface area (Å²) in [5, 5.41) is 23.0. The molecule has 0 saturated carbocycles. The molecule has 0 aromatic heterocycles. The number of hydrogen-bond donors (Lipinski definition) is 0. The van der Waals surface area contributed by atoms with Crippen LogP contribution in [0, 0.1) is 11.3 Å². The molecule has 0 N–H and O–H groups in total. The summed E-state index contributed by atoms with van der Waals surface area (Å²) < 4.78 is 2.03. The van der Waals surface area contributed by atoms with Gasteiger partial charge in [0.1, 0.15) is 0 Å². The number of Topliss-reactive ketones (excluding diaryl/α,β-unsaturated/α-hetero) is 1. The summed E-state index contributed by atoms with van der Waals surface area (Å²) in [6, 6.07) is 33.9. The lowest BCUT2D eigenvalue weighted by molar-refractivity contribution is -0.484. The van der Waals surface area contributed by atoms with Crippen LogP contribution >= 0.6 is 0 Å². The van der Waals surface area contributed by atoms with Crippen LogP contribution in [0.3, 0.4) is 0 Å². The summed E-state index contributed by atoms with van der Waals surface area (Å²) in [6.45, 7) is 3.64. The van der Waals surface area contributed by atoms with Gasteiger partial charge in [-0.05, 0) is 72.0 Å². The van der Waals surface area contributed by atoms with Gasteiger partial charge in [-0.25, -0.2) is 0 Å². The van der Waals surface area contributed by atoms with Gasteiger partial charge in [-0.2, -0.15) is 9.84 Å². The highest BCUT2D eigenvalue weighted by molar-refractivity contribution is 6.15. The molecule has 2 aliphatic rings. The van der Waals surface area contributed by atoms with Crippen LogP contribution in [-0.2, 0) is 11.2 Å². The monoisotopic (exact) mass is 506 g/mol.